The van der Waals surface area contributed by atoms with E-state index in [9.17, 15) is 5.11 Å². The molecule has 3 nitrogen and oxygen atoms in total. The van der Waals surface area contributed by atoms with Gasteiger partial charge < -0.3 is 14.6 Å². The first kappa shape index (κ1) is 15.9. The Morgan fingerprint density at radius 1 is 1.17 bits per heavy atom. The van der Waals surface area contributed by atoms with E-state index in [2.05, 4.69) is 20.8 Å². The van der Waals surface area contributed by atoms with Crippen LogP contribution >= 0.6 is 0 Å². The molecule has 0 saturated carbocycles. The third-order valence-electron chi connectivity index (χ3n) is 3.78. The maximum atomic E-state index is 9.75. The van der Waals surface area contributed by atoms with Crippen LogP contribution in [0.25, 0.3) is 0 Å². The lowest BCUT2D eigenvalue weighted by Crippen LogP contribution is -2.23. The van der Waals surface area contributed by atoms with Crippen molar-refractivity contribution in [2.24, 2.45) is 11.8 Å². The fraction of sp³-hybridized carbons (Fsp3) is 1.00. The molecular weight excluding hydrogens is 228 g/mol. The van der Waals surface area contributed by atoms with Gasteiger partial charge in [-0.2, -0.15) is 0 Å². The summed E-state index contributed by atoms with van der Waals surface area (Å²) in [6.45, 7) is 8.00. The predicted molar refractivity (Wildman–Crippen MR) is 73.4 cm³/mol. The number of rotatable bonds is 8. The Bertz CT molecular complexity index is 200. The van der Waals surface area contributed by atoms with E-state index < -0.39 is 0 Å². The van der Waals surface area contributed by atoms with Crippen LogP contribution in [-0.2, 0) is 9.47 Å². The van der Waals surface area contributed by atoms with Crippen LogP contribution in [0.2, 0.25) is 0 Å². The molecule has 1 fully saturated rings. The van der Waals surface area contributed by atoms with Crippen LogP contribution < -0.4 is 0 Å². The van der Waals surface area contributed by atoms with Gasteiger partial charge in [-0.25, -0.2) is 0 Å². The molecule has 0 aromatic carbocycles. The Balaban J connectivity index is 2.00. The van der Waals surface area contributed by atoms with Crippen molar-refractivity contribution in [1.82, 2.24) is 0 Å². The maximum Gasteiger partial charge on any atom is 0.157 e. The number of hydrogen-bond acceptors (Lipinski definition) is 3. The molecule has 18 heavy (non-hydrogen) atoms. The molecule has 1 N–H and O–H groups in total. The first-order valence-corrected chi connectivity index (χ1v) is 7.51. The lowest BCUT2D eigenvalue weighted by Gasteiger charge is -2.23. The SMILES string of the molecule is CC(CCOC1CCCCO1)CCC(O)C(C)C. The molecule has 1 aliphatic rings. The summed E-state index contributed by atoms with van der Waals surface area (Å²) in [5.41, 5.74) is 0. The molecule has 0 aromatic rings. The van der Waals surface area contributed by atoms with Crippen LogP contribution in [0.1, 0.15) is 59.3 Å². The minimum atomic E-state index is -0.157. The molecule has 0 spiro atoms. The summed E-state index contributed by atoms with van der Waals surface area (Å²) in [4.78, 5) is 0. The summed E-state index contributed by atoms with van der Waals surface area (Å²) in [6, 6.07) is 0. The van der Waals surface area contributed by atoms with Gasteiger partial charge in [0, 0.05) is 13.2 Å². The zero-order valence-corrected chi connectivity index (χ0v) is 12.2. The molecule has 0 aliphatic carbocycles. The van der Waals surface area contributed by atoms with Gasteiger partial charge in [0.15, 0.2) is 6.29 Å². The van der Waals surface area contributed by atoms with Crippen LogP contribution in [-0.4, -0.2) is 30.7 Å². The van der Waals surface area contributed by atoms with Gasteiger partial charge in [0.05, 0.1) is 6.10 Å². The fourth-order valence-electron chi connectivity index (χ4n) is 2.18. The molecule has 1 saturated heterocycles. The Hall–Kier alpha value is -0.120. The van der Waals surface area contributed by atoms with Crippen molar-refractivity contribution in [1.29, 1.82) is 0 Å². The molecule has 3 heteroatoms. The van der Waals surface area contributed by atoms with E-state index >= 15 is 0 Å². The average molecular weight is 258 g/mol. The topological polar surface area (TPSA) is 38.7 Å². The first-order chi connectivity index (χ1) is 8.59. The summed E-state index contributed by atoms with van der Waals surface area (Å²) >= 11 is 0. The summed E-state index contributed by atoms with van der Waals surface area (Å²) in [5.74, 6) is 0.978. The highest BCUT2D eigenvalue weighted by Crippen LogP contribution is 2.18. The van der Waals surface area contributed by atoms with E-state index in [1.807, 2.05) is 0 Å². The molecule has 1 heterocycles. The minimum Gasteiger partial charge on any atom is -0.393 e. The van der Waals surface area contributed by atoms with E-state index in [-0.39, 0.29) is 12.4 Å². The van der Waals surface area contributed by atoms with Crippen LogP contribution in [0.3, 0.4) is 0 Å². The summed E-state index contributed by atoms with van der Waals surface area (Å²) in [6.07, 6.45) is 6.35. The second-order valence-corrected chi connectivity index (χ2v) is 5.95. The van der Waals surface area contributed by atoms with E-state index in [0.29, 0.717) is 11.8 Å². The summed E-state index contributed by atoms with van der Waals surface area (Å²) in [7, 11) is 0. The zero-order chi connectivity index (χ0) is 13.4. The predicted octanol–water partition coefficient (Wildman–Crippen LogP) is 3.35. The Labute approximate surface area is 112 Å². The van der Waals surface area contributed by atoms with Gasteiger partial charge in [-0.15, -0.1) is 0 Å². The highest BCUT2D eigenvalue weighted by atomic mass is 16.7. The molecular formula is C15H30O3. The largest absolute Gasteiger partial charge is 0.393 e. The molecule has 1 aliphatic heterocycles. The van der Waals surface area contributed by atoms with Crippen LogP contribution in [0.4, 0.5) is 0 Å². The van der Waals surface area contributed by atoms with Crippen molar-refractivity contribution >= 4 is 0 Å². The fourth-order valence-corrected chi connectivity index (χ4v) is 2.18. The van der Waals surface area contributed by atoms with Crippen molar-refractivity contribution < 1.29 is 14.6 Å². The molecule has 0 radical (unpaired) electrons. The van der Waals surface area contributed by atoms with Gasteiger partial charge in [0.1, 0.15) is 0 Å². The van der Waals surface area contributed by atoms with Gasteiger partial charge >= 0.3 is 0 Å². The van der Waals surface area contributed by atoms with Crippen molar-refractivity contribution in [3.05, 3.63) is 0 Å². The third kappa shape index (κ3) is 6.72. The highest BCUT2D eigenvalue weighted by molar-refractivity contribution is 4.63. The lowest BCUT2D eigenvalue weighted by molar-refractivity contribution is -0.164. The maximum absolute atomic E-state index is 9.75. The van der Waals surface area contributed by atoms with Crippen molar-refractivity contribution in [3.8, 4) is 0 Å². The molecule has 3 atom stereocenters. The van der Waals surface area contributed by atoms with Crippen molar-refractivity contribution in [2.45, 2.75) is 71.7 Å². The van der Waals surface area contributed by atoms with Crippen LogP contribution in [0.15, 0.2) is 0 Å². The van der Waals surface area contributed by atoms with Gasteiger partial charge in [-0.3, -0.25) is 0 Å². The Morgan fingerprint density at radius 3 is 2.56 bits per heavy atom. The van der Waals surface area contributed by atoms with Crippen molar-refractivity contribution in [2.75, 3.05) is 13.2 Å². The monoisotopic (exact) mass is 258 g/mol. The summed E-state index contributed by atoms with van der Waals surface area (Å²) < 4.78 is 11.3. The summed E-state index contributed by atoms with van der Waals surface area (Å²) in [5, 5.41) is 9.75. The van der Waals surface area contributed by atoms with Crippen LogP contribution in [0.5, 0.6) is 0 Å². The molecule has 0 aromatic heterocycles. The number of ether oxygens (including phenoxy) is 2. The van der Waals surface area contributed by atoms with E-state index in [0.717, 1.165) is 38.9 Å². The van der Waals surface area contributed by atoms with E-state index in [1.54, 1.807) is 0 Å². The minimum absolute atomic E-state index is 0.0344. The van der Waals surface area contributed by atoms with Gasteiger partial charge in [0.2, 0.25) is 0 Å². The molecule has 3 unspecified atom stereocenters. The molecule has 108 valence electrons. The Morgan fingerprint density at radius 2 is 1.94 bits per heavy atom. The van der Waals surface area contributed by atoms with Gasteiger partial charge in [0.25, 0.3) is 0 Å². The van der Waals surface area contributed by atoms with E-state index in [1.165, 1.54) is 12.8 Å². The highest BCUT2D eigenvalue weighted by Gasteiger charge is 2.15. The lowest BCUT2D eigenvalue weighted by atomic mass is 9.95. The number of hydrogen-bond donors (Lipinski definition) is 1. The van der Waals surface area contributed by atoms with E-state index in [4.69, 9.17) is 9.47 Å². The van der Waals surface area contributed by atoms with Crippen molar-refractivity contribution in [3.63, 3.8) is 0 Å². The zero-order valence-electron chi connectivity index (χ0n) is 12.2. The normalized spacial score (nSPS) is 24.2. The molecule has 1 rings (SSSR count). The first-order valence-electron chi connectivity index (χ1n) is 7.51. The quantitative estimate of drug-likeness (QED) is 0.725. The molecule has 0 bridgehead atoms. The van der Waals surface area contributed by atoms with Gasteiger partial charge in [-0.1, -0.05) is 20.8 Å². The Kier molecular flexibility index (Phi) is 7.87. The molecule has 0 amide bonds. The van der Waals surface area contributed by atoms with Crippen LogP contribution in [0, 0.1) is 11.8 Å². The second kappa shape index (κ2) is 8.89. The van der Waals surface area contributed by atoms with Gasteiger partial charge in [-0.05, 0) is 50.4 Å². The number of aliphatic hydroxyl groups excluding tert-OH is 1. The second-order valence-electron chi connectivity index (χ2n) is 5.95. The average Bonchev–Trinajstić information content (AvgIpc) is 2.37. The third-order valence-corrected chi connectivity index (χ3v) is 3.78. The standard InChI is InChI=1S/C15H30O3/c1-12(2)14(16)8-7-13(3)9-11-18-15-6-4-5-10-17-15/h12-16H,4-11H2,1-3H3. The number of aliphatic hydroxyl groups is 1. The smallest absolute Gasteiger partial charge is 0.157 e.